The fourth-order valence-electron chi connectivity index (χ4n) is 11.7. The summed E-state index contributed by atoms with van der Waals surface area (Å²) in [6.07, 6.45) is 29.1. The van der Waals surface area contributed by atoms with E-state index < -0.39 is 0 Å². The van der Waals surface area contributed by atoms with Crippen LogP contribution in [0, 0.1) is 11.8 Å². The van der Waals surface area contributed by atoms with Gasteiger partial charge in [-0.15, -0.1) is 0 Å². The summed E-state index contributed by atoms with van der Waals surface area (Å²) >= 11 is 0. The number of hydrogen-bond donors (Lipinski definition) is 0. The lowest BCUT2D eigenvalue weighted by molar-refractivity contribution is 0.375. The van der Waals surface area contributed by atoms with Crippen LogP contribution in [0.5, 0.6) is 0 Å². The van der Waals surface area contributed by atoms with Crippen molar-refractivity contribution < 1.29 is 0 Å². The largest absolute Gasteiger partial charge is 0.310 e. The SMILES string of the molecule is C1=CC(n2c3c(c4c2=CCC(C2CCC5=C(CCC(c6cccc(-c7ccc8c9c(cccc79)-c7ccccc7-8)c6)c6ccccc65)C2)C=4)CCC=C3)=CCC1. The van der Waals surface area contributed by atoms with Crippen molar-refractivity contribution in [3.05, 3.63) is 172 Å². The predicted octanol–water partition coefficient (Wildman–Crippen LogP) is 12.9. The smallest absolute Gasteiger partial charge is 0.0497 e. The van der Waals surface area contributed by atoms with Crippen molar-refractivity contribution in [2.24, 2.45) is 11.8 Å². The van der Waals surface area contributed by atoms with Gasteiger partial charge in [-0.3, -0.25) is 0 Å². The zero-order valence-electron chi connectivity index (χ0n) is 32.1. The van der Waals surface area contributed by atoms with Gasteiger partial charge in [0.2, 0.25) is 0 Å². The second-order valence-corrected chi connectivity index (χ2v) is 17.1. The molecular weight excluding hydrogens is 675 g/mol. The summed E-state index contributed by atoms with van der Waals surface area (Å²) in [7, 11) is 0. The fourth-order valence-corrected chi connectivity index (χ4v) is 11.7. The highest BCUT2D eigenvalue weighted by molar-refractivity contribution is 6.18. The summed E-state index contributed by atoms with van der Waals surface area (Å²) in [6, 6.07) is 39.5. The van der Waals surface area contributed by atoms with Crippen LogP contribution in [-0.2, 0) is 6.42 Å². The molecule has 5 aromatic carbocycles. The van der Waals surface area contributed by atoms with Gasteiger partial charge in [-0.25, -0.2) is 0 Å². The molecule has 0 bridgehead atoms. The third-order valence-corrected chi connectivity index (χ3v) is 14.3. The van der Waals surface area contributed by atoms with Crippen LogP contribution in [0.3, 0.4) is 0 Å². The fraction of sp³-hybridized carbons (Fsp3) is 0.236. The Labute approximate surface area is 330 Å². The minimum Gasteiger partial charge on any atom is -0.310 e. The molecule has 0 aliphatic heterocycles. The van der Waals surface area contributed by atoms with E-state index >= 15 is 0 Å². The average molecular weight is 722 g/mol. The van der Waals surface area contributed by atoms with Crippen LogP contribution in [0.4, 0.5) is 0 Å². The Morgan fingerprint density at radius 2 is 1.41 bits per heavy atom. The summed E-state index contributed by atoms with van der Waals surface area (Å²) in [5.74, 6) is 1.69. The van der Waals surface area contributed by atoms with Gasteiger partial charge >= 0.3 is 0 Å². The van der Waals surface area contributed by atoms with E-state index in [0.29, 0.717) is 17.8 Å². The van der Waals surface area contributed by atoms with E-state index in [1.807, 2.05) is 0 Å². The van der Waals surface area contributed by atoms with Crippen molar-refractivity contribution >= 4 is 40.3 Å². The lowest BCUT2D eigenvalue weighted by atomic mass is 9.73. The van der Waals surface area contributed by atoms with Gasteiger partial charge in [0.15, 0.2) is 0 Å². The van der Waals surface area contributed by atoms with Gasteiger partial charge in [0.1, 0.15) is 0 Å². The Bertz CT molecular complexity index is 2850. The monoisotopic (exact) mass is 721 g/mol. The average Bonchev–Trinajstić information content (AvgIpc) is 3.71. The molecule has 0 saturated carbocycles. The highest BCUT2D eigenvalue weighted by Gasteiger charge is 2.33. The van der Waals surface area contributed by atoms with E-state index in [2.05, 4.69) is 150 Å². The van der Waals surface area contributed by atoms with Crippen molar-refractivity contribution in [1.29, 1.82) is 0 Å². The van der Waals surface area contributed by atoms with Crippen molar-refractivity contribution in [3.8, 4) is 33.4 Å². The molecule has 6 aliphatic carbocycles. The van der Waals surface area contributed by atoms with Crippen LogP contribution in [0.1, 0.15) is 91.7 Å². The molecule has 12 rings (SSSR count). The first-order chi connectivity index (χ1) is 27.8. The van der Waals surface area contributed by atoms with Crippen molar-refractivity contribution in [2.75, 3.05) is 0 Å². The molecule has 0 spiro atoms. The Kier molecular flexibility index (Phi) is 7.53. The number of fused-ring (bicyclic) bond motifs is 8. The lowest BCUT2D eigenvalue weighted by Crippen LogP contribution is -2.35. The maximum Gasteiger partial charge on any atom is 0.0497 e. The number of allylic oxidation sites excluding steroid dienone is 7. The highest BCUT2D eigenvalue weighted by atomic mass is 15.0. The standard InChI is InChI=1S/C55H47N/c1-2-14-40(15-3-1)56-53-23-9-8-20-48(53)52-34-36(26-31-54(52)56)35-24-27-42-39(32-35)25-28-41(44-16-4-5-17-45(42)44)37-12-10-13-38(33-37)43-29-30-51-47-19-7-6-18-46(47)50-22-11-21-49(43)55(50)51/h2,4-7,9-19,21-23,29-31,33-36,41H,1,3,8,20,24-28,32H2. The van der Waals surface area contributed by atoms with Crippen molar-refractivity contribution in [1.82, 2.24) is 4.57 Å². The maximum atomic E-state index is 2.73. The molecule has 0 saturated heterocycles. The van der Waals surface area contributed by atoms with Gasteiger partial charge in [0, 0.05) is 22.7 Å². The molecule has 6 aromatic rings. The first kappa shape index (κ1) is 32.6. The number of hydrogen-bond acceptors (Lipinski definition) is 0. The van der Waals surface area contributed by atoms with Crippen LogP contribution in [0.15, 0.2) is 133 Å². The molecule has 0 radical (unpaired) electrons. The molecule has 1 aromatic heterocycles. The Morgan fingerprint density at radius 3 is 2.30 bits per heavy atom. The van der Waals surface area contributed by atoms with Crippen LogP contribution in [0.25, 0.3) is 73.7 Å². The number of aromatic nitrogens is 1. The van der Waals surface area contributed by atoms with E-state index in [-0.39, 0.29) is 0 Å². The summed E-state index contributed by atoms with van der Waals surface area (Å²) in [4.78, 5) is 0. The van der Waals surface area contributed by atoms with E-state index in [4.69, 9.17) is 0 Å². The number of nitrogens with zero attached hydrogens (tertiary/aromatic N) is 1. The van der Waals surface area contributed by atoms with Gasteiger partial charge < -0.3 is 4.57 Å². The zero-order valence-corrected chi connectivity index (χ0v) is 32.1. The maximum absolute atomic E-state index is 2.73. The number of rotatable bonds is 4. The molecule has 1 heterocycles. The second-order valence-electron chi connectivity index (χ2n) is 17.1. The first-order valence-electron chi connectivity index (χ1n) is 21.3. The molecular formula is C55H47N. The quantitative estimate of drug-likeness (QED) is 0.171. The predicted molar refractivity (Wildman–Crippen MR) is 236 cm³/mol. The van der Waals surface area contributed by atoms with Crippen LogP contribution in [-0.4, -0.2) is 4.57 Å². The Balaban J connectivity index is 0.865. The van der Waals surface area contributed by atoms with Crippen LogP contribution >= 0.6 is 0 Å². The molecule has 0 fully saturated rings. The third-order valence-electron chi connectivity index (χ3n) is 14.3. The second kappa shape index (κ2) is 13.0. The van der Waals surface area contributed by atoms with Gasteiger partial charge in [-0.05, 0) is 165 Å². The van der Waals surface area contributed by atoms with Crippen molar-refractivity contribution in [2.45, 2.75) is 70.1 Å². The normalized spacial score (nSPS) is 21.6. The molecule has 3 unspecified atom stereocenters. The zero-order chi connectivity index (χ0) is 36.7. The van der Waals surface area contributed by atoms with E-state index in [9.17, 15) is 0 Å². The van der Waals surface area contributed by atoms with E-state index in [1.54, 1.807) is 16.7 Å². The van der Waals surface area contributed by atoms with Gasteiger partial charge in [0.25, 0.3) is 0 Å². The molecule has 0 amide bonds. The Hall–Kier alpha value is -5.66. The van der Waals surface area contributed by atoms with Crippen molar-refractivity contribution in [3.63, 3.8) is 0 Å². The van der Waals surface area contributed by atoms with Gasteiger partial charge in [0.05, 0.1) is 0 Å². The van der Waals surface area contributed by atoms with Crippen LogP contribution in [0.2, 0.25) is 0 Å². The first-order valence-corrected chi connectivity index (χ1v) is 21.3. The molecule has 56 heavy (non-hydrogen) atoms. The summed E-state index contributed by atoms with van der Waals surface area (Å²) in [6.45, 7) is 0. The topological polar surface area (TPSA) is 4.93 Å². The third kappa shape index (κ3) is 4.99. The molecule has 272 valence electrons. The highest BCUT2D eigenvalue weighted by Crippen LogP contribution is 2.51. The summed E-state index contributed by atoms with van der Waals surface area (Å²) in [5.41, 5.74) is 20.4. The number of benzene rings is 5. The molecule has 0 N–H and O–H groups in total. The molecule has 3 atom stereocenters. The van der Waals surface area contributed by atoms with Gasteiger partial charge in [-0.2, -0.15) is 0 Å². The molecule has 1 nitrogen and oxygen atoms in total. The van der Waals surface area contributed by atoms with Crippen LogP contribution < -0.4 is 10.6 Å². The lowest BCUT2D eigenvalue weighted by Gasteiger charge is -2.32. The summed E-state index contributed by atoms with van der Waals surface area (Å²) < 4.78 is 2.58. The molecule has 6 aliphatic rings. The Morgan fingerprint density at radius 1 is 0.607 bits per heavy atom. The van der Waals surface area contributed by atoms with Gasteiger partial charge in [-0.1, -0.05) is 139 Å². The molecule has 1 heteroatoms. The van der Waals surface area contributed by atoms with E-state index in [0.717, 1.165) is 32.1 Å². The minimum atomic E-state index is 0.385. The minimum absolute atomic E-state index is 0.385. The summed E-state index contributed by atoms with van der Waals surface area (Å²) in [5, 5.41) is 5.75. The van der Waals surface area contributed by atoms with E-state index in [1.165, 1.54) is 115 Å².